The number of benzene rings is 2. The van der Waals surface area contributed by atoms with Gasteiger partial charge in [-0.15, -0.1) is 0 Å². The van der Waals surface area contributed by atoms with Gasteiger partial charge < -0.3 is 10.5 Å². The van der Waals surface area contributed by atoms with E-state index < -0.39 is 5.82 Å². The van der Waals surface area contributed by atoms with E-state index in [1.807, 2.05) is 26.8 Å². The van der Waals surface area contributed by atoms with Crippen molar-refractivity contribution in [2.75, 3.05) is 0 Å². The molecular formula is C17H19FN2O. The average Bonchev–Trinajstić information content (AvgIpc) is 2.42. The van der Waals surface area contributed by atoms with Crippen molar-refractivity contribution in [1.82, 2.24) is 0 Å². The predicted molar refractivity (Wildman–Crippen MR) is 82.4 cm³/mol. The second kappa shape index (κ2) is 5.95. The molecule has 0 radical (unpaired) electrons. The maximum absolute atomic E-state index is 14.2. The number of rotatable bonds is 4. The van der Waals surface area contributed by atoms with E-state index in [1.54, 1.807) is 12.1 Å². The third kappa shape index (κ3) is 3.21. The first-order chi connectivity index (χ1) is 9.90. The molecule has 3 N–H and O–H groups in total. The summed E-state index contributed by atoms with van der Waals surface area (Å²) in [6, 6.07) is 8.82. The van der Waals surface area contributed by atoms with E-state index >= 15 is 0 Å². The normalized spacial score (nSPS) is 10.5. The van der Waals surface area contributed by atoms with Gasteiger partial charge in [-0.05, 0) is 49.6 Å². The number of nitrogens with one attached hydrogen (secondary N) is 1. The van der Waals surface area contributed by atoms with E-state index in [4.69, 9.17) is 15.9 Å². The highest BCUT2D eigenvalue weighted by atomic mass is 19.1. The van der Waals surface area contributed by atoms with Gasteiger partial charge in [0, 0.05) is 5.56 Å². The summed E-state index contributed by atoms with van der Waals surface area (Å²) in [5.74, 6) is -0.0240. The predicted octanol–water partition coefficient (Wildman–Crippen LogP) is 3.61. The Labute approximate surface area is 124 Å². The average molecular weight is 286 g/mol. The van der Waals surface area contributed by atoms with Crippen LogP contribution in [0.4, 0.5) is 4.39 Å². The van der Waals surface area contributed by atoms with Crippen LogP contribution >= 0.6 is 0 Å². The van der Waals surface area contributed by atoms with Gasteiger partial charge in [-0.2, -0.15) is 0 Å². The summed E-state index contributed by atoms with van der Waals surface area (Å²) in [7, 11) is 0. The molecule has 4 heteroatoms. The molecule has 0 saturated carbocycles. The summed E-state index contributed by atoms with van der Waals surface area (Å²) in [6.07, 6.45) is 0. The molecule has 0 aliphatic heterocycles. The highest BCUT2D eigenvalue weighted by molar-refractivity contribution is 5.95. The van der Waals surface area contributed by atoms with Crippen molar-refractivity contribution >= 4 is 5.84 Å². The Kier molecular flexibility index (Phi) is 4.26. The number of halogens is 1. The Morgan fingerprint density at radius 3 is 2.62 bits per heavy atom. The summed E-state index contributed by atoms with van der Waals surface area (Å²) >= 11 is 0. The minimum atomic E-state index is -0.493. The molecule has 0 aliphatic rings. The zero-order valence-electron chi connectivity index (χ0n) is 12.5. The molecule has 0 fully saturated rings. The van der Waals surface area contributed by atoms with E-state index in [9.17, 15) is 4.39 Å². The van der Waals surface area contributed by atoms with Crippen LogP contribution < -0.4 is 10.5 Å². The first kappa shape index (κ1) is 15.0. The Morgan fingerprint density at radius 1 is 1.24 bits per heavy atom. The molecule has 0 heterocycles. The Balaban J connectivity index is 2.25. The minimum absolute atomic E-state index is 0.105. The molecule has 0 unspecified atom stereocenters. The molecule has 2 aromatic rings. The molecule has 2 aromatic carbocycles. The van der Waals surface area contributed by atoms with Crippen LogP contribution in [0.3, 0.4) is 0 Å². The van der Waals surface area contributed by atoms with Gasteiger partial charge in [0.25, 0.3) is 0 Å². The fourth-order valence-electron chi connectivity index (χ4n) is 2.21. The molecule has 0 aromatic heterocycles. The third-order valence-corrected chi connectivity index (χ3v) is 3.52. The van der Waals surface area contributed by atoms with Crippen LogP contribution in [-0.2, 0) is 6.61 Å². The Hall–Kier alpha value is -2.36. The topological polar surface area (TPSA) is 59.1 Å². The van der Waals surface area contributed by atoms with Crippen LogP contribution in [0.1, 0.15) is 27.8 Å². The van der Waals surface area contributed by atoms with Crippen molar-refractivity contribution in [3.05, 3.63) is 64.0 Å². The van der Waals surface area contributed by atoms with Crippen LogP contribution in [0, 0.1) is 32.0 Å². The van der Waals surface area contributed by atoms with Gasteiger partial charge in [-0.1, -0.05) is 18.2 Å². The highest BCUT2D eigenvalue weighted by Gasteiger charge is 2.11. The number of ether oxygens (including phenoxy) is 1. The van der Waals surface area contributed by atoms with Crippen molar-refractivity contribution < 1.29 is 9.13 Å². The molecular weight excluding hydrogens is 267 g/mol. The Morgan fingerprint density at radius 2 is 1.95 bits per heavy atom. The molecule has 0 atom stereocenters. The number of amidine groups is 1. The lowest BCUT2D eigenvalue weighted by molar-refractivity contribution is 0.297. The number of hydrogen-bond donors (Lipinski definition) is 2. The summed E-state index contributed by atoms with van der Waals surface area (Å²) in [6.45, 7) is 6.10. The van der Waals surface area contributed by atoms with E-state index in [0.717, 1.165) is 22.4 Å². The maximum atomic E-state index is 14.2. The minimum Gasteiger partial charge on any atom is -0.489 e. The summed E-state index contributed by atoms with van der Waals surface area (Å²) < 4.78 is 19.9. The molecule has 3 nitrogen and oxygen atoms in total. The van der Waals surface area contributed by atoms with Gasteiger partial charge in [-0.25, -0.2) is 4.39 Å². The highest BCUT2D eigenvalue weighted by Crippen LogP contribution is 2.25. The molecule has 0 bridgehead atoms. The lowest BCUT2D eigenvalue weighted by Gasteiger charge is -2.13. The van der Waals surface area contributed by atoms with Crippen LogP contribution in [0.2, 0.25) is 0 Å². The van der Waals surface area contributed by atoms with E-state index in [-0.39, 0.29) is 18.0 Å². The van der Waals surface area contributed by atoms with E-state index in [2.05, 4.69) is 6.07 Å². The number of hydrogen-bond acceptors (Lipinski definition) is 2. The van der Waals surface area contributed by atoms with E-state index in [1.165, 1.54) is 6.07 Å². The monoisotopic (exact) mass is 286 g/mol. The second-order valence-corrected chi connectivity index (χ2v) is 5.19. The van der Waals surface area contributed by atoms with Gasteiger partial charge in [0.2, 0.25) is 0 Å². The molecule has 0 amide bonds. The molecule has 110 valence electrons. The standard InChI is InChI=1S/C17H19FN2O/c1-10-7-11(2)12(3)15(8-10)21-9-13-5-4-6-14(16(13)18)17(19)20/h4-8H,9H2,1-3H3,(H3,19,20). The first-order valence-electron chi connectivity index (χ1n) is 6.72. The fraction of sp³-hybridized carbons (Fsp3) is 0.235. The van der Waals surface area contributed by atoms with Gasteiger partial charge in [0.1, 0.15) is 24.0 Å². The zero-order chi connectivity index (χ0) is 15.6. The van der Waals surface area contributed by atoms with Crippen molar-refractivity contribution in [3.8, 4) is 5.75 Å². The lowest BCUT2D eigenvalue weighted by Crippen LogP contribution is -2.14. The zero-order valence-corrected chi connectivity index (χ0v) is 12.5. The van der Waals surface area contributed by atoms with Gasteiger partial charge in [0.15, 0.2) is 0 Å². The summed E-state index contributed by atoms with van der Waals surface area (Å²) in [5, 5.41) is 7.36. The smallest absolute Gasteiger partial charge is 0.140 e. The number of nitrogens with two attached hydrogens (primary N) is 1. The maximum Gasteiger partial charge on any atom is 0.140 e. The summed E-state index contributed by atoms with van der Waals surface area (Å²) in [4.78, 5) is 0. The number of nitrogen functional groups attached to an aromatic ring is 1. The molecule has 0 saturated heterocycles. The van der Waals surface area contributed by atoms with Crippen molar-refractivity contribution in [2.45, 2.75) is 27.4 Å². The fourth-order valence-corrected chi connectivity index (χ4v) is 2.21. The van der Waals surface area contributed by atoms with Crippen LogP contribution in [0.5, 0.6) is 5.75 Å². The van der Waals surface area contributed by atoms with Crippen LogP contribution in [0.25, 0.3) is 0 Å². The molecule has 0 aliphatic carbocycles. The first-order valence-corrected chi connectivity index (χ1v) is 6.72. The van der Waals surface area contributed by atoms with Gasteiger partial charge in [-0.3, -0.25) is 5.41 Å². The second-order valence-electron chi connectivity index (χ2n) is 5.19. The summed E-state index contributed by atoms with van der Waals surface area (Å²) in [5.41, 5.74) is 9.14. The van der Waals surface area contributed by atoms with Crippen LogP contribution in [-0.4, -0.2) is 5.84 Å². The van der Waals surface area contributed by atoms with Crippen molar-refractivity contribution in [2.24, 2.45) is 5.73 Å². The molecule has 21 heavy (non-hydrogen) atoms. The lowest BCUT2D eigenvalue weighted by atomic mass is 10.1. The quantitative estimate of drug-likeness (QED) is 0.666. The molecule has 0 spiro atoms. The SMILES string of the molecule is Cc1cc(C)c(C)c(OCc2cccc(C(=N)N)c2F)c1. The van der Waals surface area contributed by atoms with Crippen molar-refractivity contribution in [3.63, 3.8) is 0 Å². The van der Waals surface area contributed by atoms with E-state index in [0.29, 0.717) is 5.56 Å². The molecule has 2 rings (SSSR count). The Bertz CT molecular complexity index is 695. The van der Waals surface area contributed by atoms with Gasteiger partial charge >= 0.3 is 0 Å². The number of aryl methyl sites for hydroxylation is 2. The third-order valence-electron chi connectivity index (χ3n) is 3.52. The van der Waals surface area contributed by atoms with Crippen molar-refractivity contribution in [1.29, 1.82) is 5.41 Å². The largest absolute Gasteiger partial charge is 0.489 e. The van der Waals surface area contributed by atoms with Gasteiger partial charge in [0.05, 0.1) is 5.56 Å². The van der Waals surface area contributed by atoms with Crippen LogP contribution in [0.15, 0.2) is 30.3 Å².